The van der Waals surface area contributed by atoms with E-state index in [1.165, 1.54) is 0 Å². The highest BCUT2D eigenvalue weighted by atomic mass is 16.5. The summed E-state index contributed by atoms with van der Waals surface area (Å²) in [4.78, 5) is 28.2. The summed E-state index contributed by atoms with van der Waals surface area (Å²) in [5, 5.41) is 3.64. The van der Waals surface area contributed by atoms with Crippen LogP contribution in [-0.4, -0.2) is 46.6 Å². The lowest BCUT2D eigenvalue weighted by Crippen LogP contribution is -2.27. The Morgan fingerprint density at radius 2 is 1.62 bits per heavy atom. The van der Waals surface area contributed by atoms with Crippen molar-refractivity contribution in [3.8, 4) is 5.75 Å². The predicted molar refractivity (Wildman–Crippen MR) is 151 cm³/mol. The number of pyridine rings is 1. The maximum Gasteiger partial charge on any atom is 0.258 e. The Balaban J connectivity index is 1.68. The molecule has 2 heterocycles. The number of hydrogen-bond acceptors (Lipinski definition) is 4. The zero-order valence-corrected chi connectivity index (χ0v) is 22.0. The Labute approximate surface area is 216 Å². The lowest BCUT2D eigenvalue weighted by atomic mass is 10.0. The molecule has 0 fully saturated rings. The van der Waals surface area contributed by atoms with Crippen molar-refractivity contribution in [3.05, 3.63) is 88.3 Å². The number of aromatic nitrogens is 2. The molecule has 190 valence electrons. The van der Waals surface area contributed by atoms with Crippen LogP contribution in [-0.2, 0) is 13.1 Å². The highest BCUT2D eigenvalue weighted by Gasteiger charge is 2.17. The number of Topliss-reactive ketones (excluding diaryl/α,β-unsaturated/α-hetero) is 1. The first-order chi connectivity index (χ1) is 17.9. The van der Waals surface area contributed by atoms with Gasteiger partial charge in [-0.3, -0.25) is 9.59 Å². The summed E-state index contributed by atoms with van der Waals surface area (Å²) in [5.74, 6) is 0.826. The van der Waals surface area contributed by atoms with Gasteiger partial charge in [-0.2, -0.15) is 0 Å². The SMILES string of the molecule is CCN(CC)CCn1c2ccc(C(C)=O)cc2c2c3ccn(Cc4ccc(OC)cc4)c(=O)c3ccc21. The van der Waals surface area contributed by atoms with E-state index in [1.807, 2.05) is 60.8 Å². The van der Waals surface area contributed by atoms with Gasteiger partial charge in [0.05, 0.1) is 13.7 Å². The third-order valence-corrected chi connectivity index (χ3v) is 7.44. The molecule has 6 nitrogen and oxygen atoms in total. The minimum atomic E-state index is -0.0259. The number of ether oxygens (including phenoxy) is 1. The molecule has 0 N–H and O–H groups in total. The summed E-state index contributed by atoms with van der Waals surface area (Å²) in [6, 6.07) is 19.8. The monoisotopic (exact) mass is 495 g/mol. The number of carbonyl (C=O) groups is 1. The van der Waals surface area contributed by atoms with Crippen molar-refractivity contribution in [1.82, 2.24) is 14.0 Å². The van der Waals surface area contributed by atoms with E-state index in [1.54, 1.807) is 18.6 Å². The Morgan fingerprint density at radius 1 is 0.892 bits per heavy atom. The fourth-order valence-corrected chi connectivity index (χ4v) is 5.26. The van der Waals surface area contributed by atoms with Gasteiger partial charge in [-0.25, -0.2) is 0 Å². The molecule has 6 heteroatoms. The number of fused-ring (bicyclic) bond motifs is 5. The normalized spacial score (nSPS) is 11.7. The van der Waals surface area contributed by atoms with Gasteiger partial charge in [0.2, 0.25) is 0 Å². The van der Waals surface area contributed by atoms with Crippen LogP contribution in [0, 0.1) is 0 Å². The molecule has 5 rings (SSSR count). The van der Waals surface area contributed by atoms with Gasteiger partial charge in [0.1, 0.15) is 5.75 Å². The quantitative estimate of drug-likeness (QED) is 0.246. The van der Waals surface area contributed by atoms with Crippen LogP contribution in [0.4, 0.5) is 0 Å². The average molecular weight is 496 g/mol. The van der Waals surface area contributed by atoms with E-state index in [-0.39, 0.29) is 11.3 Å². The first kappa shape index (κ1) is 24.8. The molecular formula is C31H33N3O3. The number of methoxy groups -OCH3 is 1. The molecule has 0 atom stereocenters. The molecule has 0 saturated carbocycles. The van der Waals surface area contributed by atoms with Crippen LogP contribution < -0.4 is 10.3 Å². The van der Waals surface area contributed by atoms with Crippen LogP contribution in [0.2, 0.25) is 0 Å². The van der Waals surface area contributed by atoms with Crippen molar-refractivity contribution < 1.29 is 9.53 Å². The molecule has 2 aromatic heterocycles. The first-order valence-corrected chi connectivity index (χ1v) is 12.9. The van der Waals surface area contributed by atoms with Gasteiger partial charge < -0.3 is 18.8 Å². The van der Waals surface area contributed by atoms with E-state index in [4.69, 9.17) is 4.74 Å². The molecule has 3 aromatic carbocycles. The van der Waals surface area contributed by atoms with Crippen molar-refractivity contribution in [2.75, 3.05) is 26.7 Å². The van der Waals surface area contributed by atoms with Gasteiger partial charge in [-0.1, -0.05) is 26.0 Å². The summed E-state index contributed by atoms with van der Waals surface area (Å²) in [5.41, 5.74) is 3.86. The molecule has 0 radical (unpaired) electrons. The van der Waals surface area contributed by atoms with Crippen molar-refractivity contribution in [2.45, 2.75) is 33.9 Å². The highest BCUT2D eigenvalue weighted by molar-refractivity contribution is 6.21. The molecule has 37 heavy (non-hydrogen) atoms. The van der Waals surface area contributed by atoms with E-state index in [0.717, 1.165) is 64.7 Å². The molecule has 0 aliphatic carbocycles. The molecule has 0 saturated heterocycles. The smallest absolute Gasteiger partial charge is 0.258 e. The van der Waals surface area contributed by atoms with Gasteiger partial charge in [-0.15, -0.1) is 0 Å². The fourth-order valence-electron chi connectivity index (χ4n) is 5.26. The van der Waals surface area contributed by atoms with Crippen LogP contribution in [0.15, 0.2) is 71.7 Å². The van der Waals surface area contributed by atoms with Gasteiger partial charge >= 0.3 is 0 Å². The molecule has 5 aromatic rings. The number of rotatable bonds is 9. The Bertz CT molecular complexity index is 1660. The van der Waals surface area contributed by atoms with Crippen LogP contribution in [0.5, 0.6) is 5.75 Å². The fraction of sp³-hybridized carbons (Fsp3) is 0.290. The third kappa shape index (κ3) is 4.53. The molecule has 0 spiro atoms. The van der Waals surface area contributed by atoms with Crippen molar-refractivity contribution >= 4 is 38.4 Å². The number of hydrogen-bond donors (Lipinski definition) is 0. The van der Waals surface area contributed by atoms with E-state index < -0.39 is 0 Å². The van der Waals surface area contributed by atoms with Crippen LogP contribution in [0.1, 0.15) is 36.7 Å². The first-order valence-electron chi connectivity index (χ1n) is 12.9. The van der Waals surface area contributed by atoms with Crippen LogP contribution in [0.3, 0.4) is 0 Å². The maximum absolute atomic E-state index is 13.6. The lowest BCUT2D eigenvalue weighted by molar-refractivity contribution is 0.101. The van der Waals surface area contributed by atoms with Gasteiger partial charge in [0, 0.05) is 52.0 Å². The number of benzene rings is 3. The summed E-state index contributed by atoms with van der Waals surface area (Å²) < 4.78 is 9.33. The summed E-state index contributed by atoms with van der Waals surface area (Å²) in [7, 11) is 1.64. The van der Waals surface area contributed by atoms with E-state index >= 15 is 0 Å². The van der Waals surface area contributed by atoms with E-state index in [9.17, 15) is 9.59 Å². The molecule has 0 aliphatic heterocycles. The summed E-state index contributed by atoms with van der Waals surface area (Å²) in [6.07, 6.45) is 1.88. The van der Waals surface area contributed by atoms with Crippen molar-refractivity contribution in [2.24, 2.45) is 0 Å². The Kier molecular flexibility index (Phi) is 6.85. The summed E-state index contributed by atoms with van der Waals surface area (Å²) >= 11 is 0. The van der Waals surface area contributed by atoms with Crippen LogP contribution in [0.25, 0.3) is 32.6 Å². The van der Waals surface area contributed by atoms with E-state index in [2.05, 4.69) is 29.4 Å². The minimum Gasteiger partial charge on any atom is -0.497 e. The maximum atomic E-state index is 13.6. The van der Waals surface area contributed by atoms with Gasteiger partial charge in [0.15, 0.2) is 5.78 Å². The minimum absolute atomic E-state index is 0.0259. The lowest BCUT2D eigenvalue weighted by Gasteiger charge is -2.19. The topological polar surface area (TPSA) is 56.5 Å². The van der Waals surface area contributed by atoms with Crippen molar-refractivity contribution in [1.29, 1.82) is 0 Å². The molecule has 0 aliphatic rings. The van der Waals surface area contributed by atoms with E-state index in [0.29, 0.717) is 17.5 Å². The zero-order valence-electron chi connectivity index (χ0n) is 22.0. The molecule has 0 amide bonds. The standard InChI is InChI=1S/C31H33N3O3/c1-5-32(6-2)17-18-34-28-13-9-23(21(3)35)19-27(28)30-25-15-16-33(31(36)26(25)12-14-29(30)34)20-22-7-10-24(37-4)11-8-22/h7-16,19H,5-6,17-18,20H2,1-4H3. The number of likely N-dealkylation sites (N-methyl/N-ethyl adjacent to an activating group) is 1. The second-order valence-electron chi connectivity index (χ2n) is 9.48. The number of carbonyl (C=O) groups excluding carboxylic acids is 1. The second kappa shape index (κ2) is 10.2. The summed E-state index contributed by atoms with van der Waals surface area (Å²) in [6.45, 7) is 10.2. The number of ketones is 1. The van der Waals surface area contributed by atoms with Gasteiger partial charge in [-0.05, 0) is 79.5 Å². The largest absolute Gasteiger partial charge is 0.497 e. The molecule has 0 unspecified atom stereocenters. The second-order valence-corrected chi connectivity index (χ2v) is 9.48. The Morgan fingerprint density at radius 3 is 2.30 bits per heavy atom. The third-order valence-electron chi connectivity index (χ3n) is 7.44. The molecular weight excluding hydrogens is 462 g/mol. The molecule has 0 bridgehead atoms. The predicted octanol–water partition coefficient (Wildman–Crippen LogP) is 5.71. The van der Waals surface area contributed by atoms with Crippen LogP contribution >= 0.6 is 0 Å². The van der Waals surface area contributed by atoms with Crippen molar-refractivity contribution in [3.63, 3.8) is 0 Å². The zero-order chi connectivity index (χ0) is 26.1. The Hall–Kier alpha value is -3.90. The highest BCUT2D eigenvalue weighted by Crippen LogP contribution is 2.34. The number of nitrogens with zero attached hydrogens (tertiary/aromatic N) is 3. The average Bonchev–Trinajstić information content (AvgIpc) is 3.24. The van der Waals surface area contributed by atoms with Gasteiger partial charge in [0.25, 0.3) is 5.56 Å².